The van der Waals surface area contributed by atoms with Crippen LogP contribution in [0.4, 0.5) is 5.69 Å². The monoisotopic (exact) mass is 331 g/mol. The van der Waals surface area contributed by atoms with Crippen LogP contribution < -0.4 is 4.90 Å². The summed E-state index contributed by atoms with van der Waals surface area (Å²) in [6, 6.07) is 11.4. The standard InChI is InChI=1S/C17H21N3O2S/c1-19(2)16-6-3-5-14(11-16)13-20(15-8-9-15)23(21,22)17-7-4-10-18-12-17/h3-7,10-12,15H,8-9,13H2,1-2H3. The van der Waals surface area contributed by atoms with Gasteiger partial charge in [-0.05, 0) is 42.7 Å². The Hall–Kier alpha value is -1.92. The summed E-state index contributed by atoms with van der Waals surface area (Å²) in [7, 11) is 0.441. The average molecular weight is 331 g/mol. The molecule has 0 aliphatic heterocycles. The number of rotatable bonds is 6. The van der Waals surface area contributed by atoms with Gasteiger partial charge in [0, 0.05) is 44.8 Å². The van der Waals surface area contributed by atoms with Crippen molar-refractivity contribution in [1.82, 2.24) is 9.29 Å². The lowest BCUT2D eigenvalue weighted by atomic mass is 10.2. The van der Waals surface area contributed by atoms with Crippen molar-refractivity contribution in [1.29, 1.82) is 0 Å². The highest BCUT2D eigenvalue weighted by molar-refractivity contribution is 7.89. The van der Waals surface area contributed by atoms with Gasteiger partial charge >= 0.3 is 0 Å². The number of hydrogen-bond acceptors (Lipinski definition) is 4. The molecule has 122 valence electrons. The highest BCUT2D eigenvalue weighted by Gasteiger charge is 2.38. The number of aromatic nitrogens is 1. The van der Waals surface area contributed by atoms with Gasteiger partial charge < -0.3 is 4.90 Å². The van der Waals surface area contributed by atoms with Crippen molar-refractivity contribution < 1.29 is 8.42 Å². The van der Waals surface area contributed by atoms with Crippen LogP contribution in [0.2, 0.25) is 0 Å². The van der Waals surface area contributed by atoms with Crippen LogP contribution in [-0.4, -0.2) is 37.8 Å². The minimum absolute atomic E-state index is 0.100. The summed E-state index contributed by atoms with van der Waals surface area (Å²) in [5.41, 5.74) is 2.06. The summed E-state index contributed by atoms with van der Waals surface area (Å²) >= 11 is 0. The van der Waals surface area contributed by atoms with E-state index in [0.29, 0.717) is 6.54 Å². The molecule has 0 bridgehead atoms. The van der Waals surface area contributed by atoms with E-state index >= 15 is 0 Å². The van der Waals surface area contributed by atoms with Gasteiger partial charge in [-0.3, -0.25) is 4.98 Å². The first-order chi connectivity index (χ1) is 11.0. The van der Waals surface area contributed by atoms with Gasteiger partial charge in [-0.15, -0.1) is 0 Å². The predicted octanol–water partition coefficient (Wildman–Crippen LogP) is 2.50. The molecule has 1 aliphatic carbocycles. The zero-order chi connectivity index (χ0) is 16.4. The van der Waals surface area contributed by atoms with Crippen molar-refractivity contribution in [3.8, 4) is 0 Å². The largest absolute Gasteiger partial charge is 0.378 e. The summed E-state index contributed by atoms with van der Waals surface area (Å²) in [5, 5.41) is 0. The Morgan fingerprint density at radius 2 is 1.96 bits per heavy atom. The molecule has 1 aromatic heterocycles. The van der Waals surface area contributed by atoms with E-state index in [2.05, 4.69) is 4.98 Å². The van der Waals surface area contributed by atoms with E-state index in [0.717, 1.165) is 24.1 Å². The quantitative estimate of drug-likeness (QED) is 0.816. The number of sulfonamides is 1. The minimum atomic E-state index is -3.51. The molecule has 1 aromatic carbocycles. The van der Waals surface area contributed by atoms with Gasteiger partial charge in [0.2, 0.25) is 10.0 Å². The lowest BCUT2D eigenvalue weighted by Gasteiger charge is -2.22. The molecule has 0 amide bonds. The molecule has 0 N–H and O–H groups in total. The third-order valence-corrected chi connectivity index (χ3v) is 5.84. The van der Waals surface area contributed by atoms with Gasteiger partial charge in [0.05, 0.1) is 0 Å². The minimum Gasteiger partial charge on any atom is -0.378 e. The van der Waals surface area contributed by atoms with Crippen LogP contribution in [0.15, 0.2) is 53.7 Å². The molecule has 0 saturated heterocycles. The Morgan fingerprint density at radius 3 is 2.57 bits per heavy atom. The molecule has 23 heavy (non-hydrogen) atoms. The lowest BCUT2D eigenvalue weighted by Crippen LogP contribution is -2.32. The average Bonchev–Trinajstić information content (AvgIpc) is 3.38. The van der Waals surface area contributed by atoms with E-state index in [1.165, 1.54) is 6.20 Å². The highest BCUT2D eigenvalue weighted by Crippen LogP contribution is 2.33. The van der Waals surface area contributed by atoms with Crippen LogP contribution >= 0.6 is 0 Å². The summed E-state index contributed by atoms with van der Waals surface area (Å²) < 4.78 is 27.4. The Balaban J connectivity index is 1.90. The van der Waals surface area contributed by atoms with Crippen molar-refractivity contribution in [2.45, 2.75) is 30.3 Å². The molecule has 0 spiro atoms. The summed E-state index contributed by atoms with van der Waals surface area (Å²) in [6.07, 6.45) is 4.85. The number of pyridine rings is 1. The van der Waals surface area contributed by atoms with Gasteiger partial charge in [-0.25, -0.2) is 8.42 Å². The fourth-order valence-corrected chi connectivity index (χ4v) is 4.16. The van der Waals surface area contributed by atoms with E-state index in [-0.39, 0.29) is 10.9 Å². The molecule has 0 unspecified atom stereocenters. The topological polar surface area (TPSA) is 53.5 Å². The molecule has 5 nitrogen and oxygen atoms in total. The van der Waals surface area contributed by atoms with Crippen LogP contribution in [0.5, 0.6) is 0 Å². The maximum atomic E-state index is 12.9. The van der Waals surface area contributed by atoms with E-state index in [9.17, 15) is 8.42 Å². The second-order valence-corrected chi connectivity index (χ2v) is 7.93. The van der Waals surface area contributed by atoms with Gasteiger partial charge in [0.15, 0.2) is 0 Å². The molecular formula is C17H21N3O2S. The fraction of sp³-hybridized carbons (Fsp3) is 0.353. The highest BCUT2D eigenvalue weighted by atomic mass is 32.2. The molecule has 6 heteroatoms. The van der Waals surface area contributed by atoms with Gasteiger partial charge in [-0.2, -0.15) is 4.31 Å². The molecular weight excluding hydrogens is 310 g/mol. The molecule has 0 atom stereocenters. The van der Waals surface area contributed by atoms with Crippen molar-refractivity contribution >= 4 is 15.7 Å². The summed E-state index contributed by atoms with van der Waals surface area (Å²) in [5.74, 6) is 0. The molecule has 2 aromatic rings. The Kier molecular flexibility index (Phi) is 4.37. The SMILES string of the molecule is CN(C)c1cccc(CN(C2CC2)S(=O)(=O)c2cccnc2)c1. The van der Waals surface area contributed by atoms with E-state index in [1.54, 1.807) is 22.6 Å². The Labute approximate surface area is 137 Å². The normalized spacial score (nSPS) is 14.9. The second-order valence-electron chi connectivity index (χ2n) is 6.03. The molecule has 0 radical (unpaired) electrons. The van der Waals surface area contributed by atoms with E-state index in [4.69, 9.17) is 0 Å². The number of anilines is 1. The third-order valence-electron chi connectivity index (χ3n) is 3.96. The van der Waals surface area contributed by atoms with E-state index < -0.39 is 10.0 Å². The van der Waals surface area contributed by atoms with Crippen LogP contribution in [-0.2, 0) is 16.6 Å². The third kappa shape index (κ3) is 3.54. The number of hydrogen-bond donors (Lipinski definition) is 0. The van der Waals surface area contributed by atoms with E-state index in [1.807, 2.05) is 43.3 Å². The first-order valence-corrected chi connectivity index (χ1v) is 9.10. The molecule has 1 saturated carbocycles. The first kappa shape index (κ1) is 16.0. The van der Waals surface area contributed by atoms with Gasteiger partial charge in [0.25, 0.3) is 0 Å². The maximum absolute atomic E-state index is 12.9. The van der Waals surface area contributed by atoms with Crippen LogP contribution in [0.3, 0.4) is 0 Å². The molecule has 1 aliphatic rings. The van der Waals surface area contributed by atoms with Crippen molar-refractivity contribution in [3.63, 3.8) is 0 Å². The van der Waals surface area contributed by atoms with Crippen LogP contribution in [0.1, 0.15) is 18.4 Å². The zero-order valence-electron chi connectivity index (χ0n) is 13.4. The van der Waals surface area contributed by atoms with Crippen molar-refractivity contribution in [2.24, 2.45) is 0 Å². The van der Waals surface area contributed by atoms with Gasteiger partial charge in [-0.1, -0.05) is 12.1 Å². The lowest BCUT2D eigenvalue weighted by molar-refractivity contribution is 0.398. The number of nitrogens with zero attached hydrogens (tertiary/aromatic N) is 3. The van der Waals surface area contributed by atoms with Crippen molar-refractivity contribution in [3.05, 3.63) is 54.4 Å². The first-order valence-electron chi connectivity index (χ1n) is 7.66. The van der Waals surface area contributed by atoms with Crippen LogP contribution in [0, 0.1) is 0 Å². The summed E-state index contributed by atoms with van der Waals surface area (Å²) in [4.78, 5) is 6.22. The number of benzene rings is 1. The Morgan fingerprint density at radius 1 is 1.17 bits per heavy atom. The fourth-order valence-electron chi connectivity index (χ4n) is 2.52. The zero-order valence-corrected chi connectivity index (χ0v) is 14.2. The van der Waals surface area contributed by atoms with Crippen LogP contribution in [0.25, 0.3) is 0 Å². The molecule has 3 rings (SSSR count). The predicted molar refractivity (Wildman–Crippen MR) is 90.8 cm³/mol. The molecule has 1 fully saturated rings. The molecule has 1 heterocycles. The second kappa shape index (κ2) is 6.29. The smallest absolute Gasteiger partial charge is 0.245 e. The maximum Gasteiger partial charge on any atom is 0.245 e. The summed E-state index contributed by atoms with van der Waals surface area (Å²) in [6.45, 7) is 0.392. The van der Waals surface area contributed by atoms with Crippen molar-refractivity contribution in [2.75, 3.05) is 19.0 Å². The van der Waals surface area contributed by atoms with Gasteiger partial charge in [0.1, 0.15) is 4.90 Å². The Bertz CT molecular complexity index is 771.